The van der Waals surface area contributed by atoms with Crippen LogP contribution >= 0.6 is 11.6 Å². The maximum absolute atomic E-state index is 6.37. The van der Waals surface area contributed by atoms with Crippen LogP contribution in [0.5, 0.6) is 5.75 Å². The van der Waals surface area contributed by atoms with Crippen molar-refractivity contribution in [1.82, 2.24) is 14.6 Å². The topological polar surface area (TPSA) is 39.4 Å². The number of nitrogens with zero attached hydrogens (tertiary/aromatic N) is 3. The number of aromatic nitrogens is 3. The zero-order valence-corrected chi connectivity index (χ0v) is 11.8. The molecule has 1 aromatic carbocycles. The van der Waals surface area contributed by atoms with Crippen molar-refractivity contribution >= 4 is 17.2 Å². The molecule has 2 heterocycles. The van der Waals surface area contributed by atoms with Crippen LogP contribution in [0.25, 0.3) is 5.65 Å². The Hall–Kier alpha value is -2.07. The monoisotopic (exact) mass is 287 g/mol. The molecule has 5 heteroatoms. The van der Waals surface area contributed by atoms with E-state index in [9.17, 15) is 0 Å². The van der Waals surface area contributed by atoms with Crippen LogP contribution in [0.4, 0.5) is 0 Å². The highest BCUT2D eigenvalue weighted by Gasteiger charge is 2.11. The van der Waals surface area contributed by atoms with Gasteiger partial charge in [0.15, 0.2) is 5.65 Å². The predicted molar refractivity (Wildman–Crippen MR) is 78.4 cm³/mol. The summed E-state index contributed by atoms with van der Waals surface area (Å²) in [5.41, 5.74) is 2.65. The van der Waals surface area contributed by atoms with E-state index >= 15 is 0 Å². The molecule has 0 aliphatic heterocycles. The summed E-state index contributed by atoms with van der Waals surface area (Å²) in [6, 6.07) is 11.6. The molecule has 0 spiro atoms. The predicted octanol–water partition coefficient (Wildman–Crippen LogP) is 3.31. The highest BCUT2D eigenvalue weighted by atomic mass is 35.5. The highest BCUT2D eigenvalue weighted by molar-refractivity contribution is 6.30. The minimum absolute atomic E-state index is 0.555. The molecule has 0 aliphatic rings. The number of ether oxygens (including phenoxy) is 1. The van der Waals surface area contributed by atoms with Gasteiger partial charge >= 0.3 is 0 Å². The van der Waals surface area contributed by atoms with Crippen molar-refractivity contribution in [1.29, 1.82) is 0 Å². The van der Waals surface area contributed by atoms with Gasteiger partial charge in [-0.1, -0.05) is 29.8 Å². The van der Waals surface area contributed by atoms with Gasteiger partial charge < -0.3 is 4.74 Å². The summed E-state index contributed by atoms with van der Waals surface area (Å²) in [6.45, 7) is 2.51. The van der Waals surface area contributed by atoms with E-state index in [4.69, 9.17) is 16.3 Å². The molecule has 0 saturated carbocycles. The van der Waals surface area contributed by atoms with Crippen molar-refractivity contribution < 1.29 is 4.74 Å². The molecule has 0 amide bonds. The number of halogens is 1. The zero-order chi connectivity index (χ0) is 13.9. The summed E-state index contributed by atoms with van der Waals surface area (Å²) in [4.78, 5) is 4.48. The summed E-state index contributed by atoms with van der Waals surface area (Å²) in [7, 11) is 0. The van der Waals surface area contributed by atoms with Crippen molar-refractivity contribution in [3.63, 3.8) is 0 Å². The molecule has 2 aromatic heterocycles. The summed E-state index contributed by atoms with van der Waals surface area (Å²) >= 11 is 6.37. The molecule has 0 aliphatic carbocycles. The van der Waals surface area contributed by atoms with Gasteiger partial charge in [-0.2, -0.15) is 5.10 Å². The van der Waals surface area contributed by atoms with Crippen LogP contribution in [-0.4, -0.2) is 21.2 Å². The van der Waals surface area contributed by atoms with E-state index in [1.165, 1.54) is 0 Å². The lowest BCUT2D eigenvalue weighted by molar-refractivity contribution is 0.321. The van der Waals surface area contributed by atoms with E-state index < -0.39 is 0 Å². The molecular formula is C15H14ClN3O. The van der Waals surface area contributed by atoms with Gasteiger partial charge in [0.25, 0.3) is 0 Å². The number of hydrogen-bond donors (Lipinski definition) is 0. The Morgan fingerprint density at radius 1 is 1.20 bits per heavy atom. The lowest BCUT2D eigenvalue weighted by Gasteiger charge is -2.10. The Kier molecular flexibility index (Phi) is 3.56. The molecule has 0 radical (unpaired) electrons. The van der Waals surface area contributed by atoms with Crippen LogP contribution in [0.2, 0.25) is 5.15 Å². The van der Waals surface area contributed by atoms with Gasteiger partial charge in [0, 0.05) is 23.7 Å². The average molecular weight is 288 g/mol. The third-order valence-electron chi connectivity index (χ3n) is 3.14. The number of rotatable bonds is 4. The van der Waals surface area contributed by atoms with Gasteiger partial charge in [0.1, 0.15) is 10.9 Å². The lowest BCUT2D eigenvalue weighted by Crippen LogP contribution is -2.07. The van der Waals surface area contributed by atoms with Crippen LogP contribution in [0.3, 0.4) is 0 Å². The van der Waals surface area contributed by atoms with Gasteiger partial charge in [0.05, 0.1) is 12.8 Å². The molecule has 20 heavy (non-hydrogen) atoms. The first kappa shape index (κ1) is 12.9. The average Bonchev–Trinajstić information content (AvgIpc) is 2.92. The van der Waals surface area contributed by atoms with Gasteiger partial charge in [-0.15, -0.1) is 0 Å². The Labute approximate surface area is 122 Å². The SMILES string of the molecule is Cc1nc2ccnn2c(Cl)c1CCOc1ccccc1. The van der Waals surface area contributed by atoms with Gasteiger partial charge in [-0.3, -0.25) is 0 Å². The van der Waals surface area contributed by atoms with E-state index in [-0.39, 0.29) is 0 Å². The van der Waals surface area contributed by atoms with Crippen LogP contribution in [0.15, 0.2) is 42.6 Å². The van der Waals surface area contributed by atoms with Crippen molar-refractivity contribution in [2.24, 2.45) is 0 Å². The smallest absolute Gasteiger partial charge is 0.156 e. The first-order valence-corrected chi connectivity index (χ1v) is 6.80. The fraction of sp³-hybridized carbons (Fsp3) is 0.200. The number of hydrogen-bond acceptors (Lipinski definition) is 3. The largest absolute Gasteiger partial charge is 0.493 e. The maximum atomic E-state index is 6.37. The fourth-order valence-corrected chi connectivity index (χ4v) is 2.48. The minimum Gasteiger partial charge on any atom is -0.493 e. The van der Waals surface area contributed by atoms with E-state index in [0.29, 0.717) is 18.2 Å². The number of aryl methyl sites for hydroxylation is 1. The van der Waals surface area contributed by atoms with Crippen LogP contribution < -0.4 is 4.74 Å². The minimum atomic E-state index is 0.555. The summed E-state index contributed by atoms with van der Waals surface area (Å²) in [5, 5.41) is 4.77. The Morgan fingerprint density at radius 2 is 2.00 bits per heavy atom. The number of fused-ring (bicyclic) bond motifs is 1. The summed E-state index contributed by atoms with van der Waals surface area (Å²) in [6.07, 6.45) is 2.39. The van der Waals surface area contributed by atoms with Crippen LogP contribution in [0, 0.1) is 6.92 Å². The molecule has 0 bridgehead atoms. The quantitative estimate of drug-likeness (QED) is 0.691. The van der Waals surface area contributed by atoms with Gasteiger partial charge in [-0.05, 0) is 19.1 Å². The molecule has 0 fully saturated rings. The molecular weight excluding hydrogens is 274 g/mol. The fourth-order valence-electron chi connectivity index (χ4n) is 2.12. The van der Waals surface area contributed by atoms with E-state index in [1.54, 1.807) is 10.7 Å². The zero-order valence-electron chi connectivity index (χ0n) is 11.1. The Morgan fingerprint density at radius 3 is 2.80 bits per heavy atom. The maximum Gasteiger partial charge on any atom is 0.156 e. The van der Waals surface area contributed by atoms with Crippen LogP contribution in [-0.2, 0) is 6.42 Å². The third-order valence-corrected chi connectivity index (χ3v) is 3.53. The highest BCUT2D eigenvalue weighted by Crippen LogP contribution is 2.20. The normalized spacial score (nSPS) is 10.9. The summed E-state index contributed by atoms with van der Waals surface area (Å²) < 4.78 is 7.34. The molecule has 102 valence electrons. The van der Waals surface area contributed by atoms with Crippen molar-refractivity contribution in [2.45, 2.75) is 13.3 Å². The van der Waals surface area contributed by atoms with Crippen molar-refractivity contribution in [2.75, 3.05) is 6.61 Å². The van der Waals surface area contributed by atoms with Gasteiger partial charge in [-0.25, -0.2) is 9.50 Å². The molecule has 0 unspecified atom stereocenters. The second kappa shape index (κ2) is 5.51. The summed E-state index contributed by atoms with van der Waals surface area (Å²) in [5.74, 6) is 0.856. The molecule has 0 saturated heterocycles. The first-order valence-electron chi connectivity index (χ1n) is 6.42. The molecule has 4 nitrogen and oxygen atoms in total. The molecule has 3 aromatic rings. The lowest BCUT2D eigenvalue weighted by atomic mass is 10.2. The van der Waals surface area contributed by atoms with Gasteiger partial charge in [0.2, 0.25) is 0 Å². The standard InChI is InChI=1S/C15H14ClN3O/c1-11-13(8-10-20-12-5-3-2-4-6-12)15(16)19-14(18-11)7-9-17-19/h2-7,9H,8,10H2,1H3. The van der Waals surface area contributed by atoms with E-state index in [0.717, 1.165) is 22.7 Å². The molecule has 3 rings (SSSR count). The third kappa shape index (κ3) is 2.47. The number of para-hydroxylation sites is 1. The van der Waals surface area contributed by atoms with Crippen LogP contribution in [0.1, 0.15) is 11.3 Å². The second-order valence-electron chi connectivity index (χ2n) is 4.48. The molecule has 0 atom stereocenters. The van der Waals surface area contributed by atoms with E-state index in [1.807, 2.05) is 43.3 Å². The van der Waals surface area contributed by atoms with Crippen molar-refractivity contribution in [3.8, 4) is 5.75 Å². The van der Waals surface area contributed by atoms with E-state index in [2.05, 4.69) is 10.1 Å². The number of benzene rings is 1. The van der Waals surface area contributed by atoms with Crippen molar-refractivity contribution in [3.05, 3.63) is 59.0 Å². The Bertz CT molecular complexity index is 725. The first-order chi connectivity index (χ1) is 9.75. The Balaban J connectivity index is 1.77. The molecule has 0 N–H and O–H groups in total. The second-order valence-corrected chi connectivity index (χ2v) is 4.84.